The maximum absolute atomic E-state index is 11.9. The molecule has 0 unspecified atom stereocenters. The number of hydrogen-bond donors (Lipinski definition) is 1. The monoisotopic (exact) mass is 385 g/mol. The maximum Gasteiger partial charge on any atom is 0.360 e. The summed E-state index contributed by atoms with van der Waals surface area (Å²) in [6, 6.07) is 7.87. The van der Waals surface area contributed by atoms with Crippen molar-refractivity contribution in [1.82, 2.24) is 9.55 Å². The number of ether oxygens (including phenoxy) is 1. The van der Waals surface area contributed by atoms with Gasteiger partial charge in [0, 0.05) is 15.7 Å². The number of hydrogen-bond acceptors (Lipinski definition) is 4. The van der Waals surface area contributed by atoms with E-state index in [1.165, 1.54) is 0 Å². The molecule has 0 saturated heterocycles. The van der Waals surface area contributed by atoms with Crippen LogP contribution in [0.4, 0.5) is 5.82 Å². The van der Waals surface area contributed by atoms with Gasteiger partial charge in [-0.25, -0.2) is 9.78 Å². The smallest absolute Gasteiger partial charge is 0.360 e. The number of imidazole rings is 1. The van der Waals surface area contributed by atoms with Gasteiger partial charge in [0.1, 0.15) is 11.6 Å². The van der Waals surface area contributed by atoms with Gasteiger partial charge >= 0.3 is 5.97 Å². The molecule has 0 radical (unpaired) electrons. The summed E-state index contributed by atoms with van der Waals surface area (Å²) in [5, 5.41) is 0. The summed E-state index contributed by atoms with van der Waals surface area (Å²) < 4.78 is 7.91. The molecule has 0 atom stereocenters. The molecule has 0 saturated carbocycles. The first-order chi connectivity index (χ1) is 9.58. The molecule has 0 fully saturated rings. The number of esters is 1. The number of nitrogen functional groups attached to an aromatic ring is 1. The molecule has 0 amide bonds. The normalized spacial score (nSPS) is 10.6. The summed E-state index contributed by atoms with van der Waals surface area (Å²) >= 11 is 2.24. The number of nitrogens with zero attached hydrogens (tertiary/aromatic N) is 2. The van der Waals surface area contributed by atoms with Crippen LogP contribution in [0.3, 0.4) is 0 Å². The summed E-state index contributed by atoms with van der Waals surface area (Å²) in [6.07, 6.45) is 0.676. The fourth-order valence-electron chi connectivity index (χ4n) is 1.95. The quantitative estimate of drug-likeness (QED) is 0.649. The Morgan fingerprint density at radius 1 is 1.35 bits per heavy atom. The standard InChI is InChI=1S/C14H16IN3O2/c1-3-11-17-12(14(19)20-4-2)13(16)18(11)10-7-5-9(15)6-8-10/h5-8H,3-4,16H2,1-2H3. The van der Waals surface area contributed by atoms with Crippen LogP contribution in [0.5, 0.6) is 0 Å². The van der Waals surface area contributed by atoms with Crippen LogP contribution in [0.1, 0.15) is 30.2 Å². The molecule has 20 heavy (non-hydrogen) atoms. The van der Waals surface area contributed by atoms with E-state index < -0.39 is 5.97 Å². The van der Waals surface area contributed by atoms with Crippen molar-refractivity contribution in [2.24, 2.45) is 0 Å². The molecule has 5 nitrogen and oxygen atoms in total. The number of benzene rings is 1. The van der Waals surface area contributed by atoms with Gasteiger partial charge in [0.2, 0.25) is 0 Å². The molecule has 1 heterocycles. The third-order valence-corrected chi connectivity index (χ3v) is 3.57. The number of aryl methyl sites for hydroxylation is 1. The van der Waals surface area contributed by atoms with Crippen LogP contribution in [0.2, 0.25) is 0 Å². The fraction of sp³-hybridized carbons (Fsp3) is 0.286. The Morgan fingerprint density at radius 3 is 2.55 bits per heavy atom. The Bertz CT molecular complexity index is 620. The van der Waals surface area contributed by atoms with E-state index in [1.807, 2.05) is 31.2 Å². The number of carbonyl (C=O) groups is 1. The highest BCUT2D eigenvalue weighted by Crippen LogP contribution is 2.22. The fourth-order valence-corrected chi connectivity index (χ4v) is 2.31. The lowest BCUT2D eigenvalue weighted by atomic mass is 10.3. The van der Waals surface area contributed by atoms with Gasteiger partial charge in [0.15, 0.2) is 5.69 Å². The van der Waals surface area contributed by atoms with Crippen LogP contribution in [0.15, 0.2) is 24.3 Å². The summed E-state index contributed by atoms with van der Waals surface area (Å²) in [7, 11) is 0. The van der Waals surface area contributed by atoms with Crippen LogP contribution in [-0.4, -0.2) is 22.1 Å². The number of anilines is 1. The number of halogens is 1. The Kier molecular flexibility index (Phi) is 4.64. The predicted octanol–water partition coefficient (Wildman–Crippen LogP) is 2.80. The first kappa shape index (κ1) is 14.8. The van der Waals surface area contributed by atoms with Gasteiger partial charge in [0.05, 0.1) is 6.61 Å². The van der Waals surface area contributed by atoms with E-state index in [-0.39, 0.29) is 5.69 Å². The van der Waals surface area contributed by atoms with E-state index in [0.717, 1.165) is 15.1 Å². The van der Waals surface area contributed by atoms with E-state index in [1.54, 1.807) is 11.5 Å². The van der Waals surface area contributed by atoms with Crippen LogP contribution >= 0.6 is 22.6 Å². The van der Waals surface area contributed by atoms with Crippen molar-refractivity contribution in [3.05, 3.63) is 39.4 Å². The van der Waals surface area contributed by atoms with Crippen molar-refractivity contribution in [3.8, 4) is 5.69 Å². The van der Waals surface area contributed by atoms with E-state index in [0.29, 0.717) is 18.8 Å². The van der Waals surface area contributed by atoms with Crippen LogP contribution < -0.4 is 5.73 Å². The lowest BCUT2D eigenvalue weighted by molar-refractivity contribution is 0.0521. The second kappa shape index (κ2) is 6.25. The zero-order valence-corrected chi connectivity index (χ0v) is 13.5. The first-order valence-corrected chi connectivity index (χ1v) is 7.46. The van der Waals surface area contributed by atoms with Gasteiger partial charge in [-0.05, 0) is 53.8 Å². The summed E-state index contributed by atoms with van der Waals surface area (Å²) in [5.74, 6) is 0.581. The zero-order valence-electron chi connectivity index (χ0n) is 11.4. The Balaban J connectivity index is 2.52. The van der Waals surface area contributed by atoms with Crippen molar-refractivity contribution in [2.45, 2.75) is 20.3 Å². The van der Waals surface area contributed by atoms with Crippen molar-refractivity contribution in [2.75, 3.05) is 12.3 Å². The summed E-state index contributed by atoms with van der Waals surface area (Å²) in [4.78, 5) is 16.2. The molecule has 0 aliphatic rings. The molecule has 2 N–H and O–H groups in total. The average molecular weight is 385 g/mol. The molecule has 1 aromatic carbocycles. The van der Waals surface area contributed by atoms with Crippen LogP contribution in [0, 0.1) is 3.57 Å². The Hall–Kier alpha value is -1.57. The molecular weight excluding hydrogens is 369 g/mol. The van der Waals surface area contributed by atoms with Gasteiger partial charge in [-0.2, -0.15) is 0 Å². The highest BCUT2D eigenvalue weighted by Gasteiger charge is 2.21. The van der Waals surface area contributed by atoms with Crippen molar-refractivity contribution in [3.63, 3.8) is 0 Å². The second-order valence-corrected chi connectivity index (χ2v) is 5.39. The highest BCUT2D eigenvalue weighted by molar-refractivity contribution is 14.1. The van der Waals surface area contributed by atoms with Gasteiger partial charge in [-0.3, -0.25) is 4.57 Å². The minimum Gasteiger partial charge on any atom is -0.461 e. The van der Waals surface area contributed by atoms with E-state index >= 15 is 0 Å². The van der Waals surface area contributed by atoms with Crippen molar-refractivity contribution < 1.29 is 9.53 Å². The SMILES string of the molecule is CCOC(=O)c1nc(CC)n(-c2ccc(I)cc2)c1N. The predicted molar refractivity (Wildman–Crippen MR) is 86.0 cm³/mol. The third kappa shape index (κ3) is 2.79. The largest absolute Gasteiger partial charge is 0.461 e. The molecule has 1 aromatic heterocycles. The van der Waals surface area contributed by atoms with Gasteiger partial charge in [0.25, 0.3) is 0 Å². The molecule has 0 aliphatic heterocycles. The van der Waals surface area contributed by atoms with Crippen molar-refractivity contribution in [1.29, 1.82) is 0 Å². The van der Waals surface area contributed by atoms with Gasteiger partial charge in [-0.1, -0.05) is 6.92 Å². The lowest BCUT2D eigenvalue weighted by Gasteiger charge is -2.09. The zero-order chi connectivity index (χ0) is 14.7. The molecule has 0 aliphatic carbocycles. The van der Waals surface area contributed by atoms with E-state index in [2.05, 4.69) is 27.6 Å². The van der Waals surface area contributed by atoms with Crippen molar-refractivity contribution >= 4 is 34.4 Å². The Labute approximate surface area is 131 Å². The number of rotatable bonds is 4. The third-order valence-electron chi connectivity index (χ3n) is 2.85. The Morgan fingerprint density at radius 2 is 2.00 bits per heavy atom. The minimum atomic E-state index is -0.482. The number of nitrogens with two attached hydrogens (primary N) is 1. The molecule has 0 bridgehead atoms. The van der Waals surface area contributed by atoms with Crippen LogP contribution in [0.25, 0.3) is 5.69 Å². The summed E-state index contributed by atoms with van der Waals surface area (Å²) in [6.45, 7) is 4.03. The van der Waals surface area contributed by atoms with E-state index in [9.17, 15) is 4.79 Å². The maximum atomic E-state index is 11.9. The van der Waals surface area contributed by atoms with Gasteiger partial charge < -0.3 is 10.5 Å². The number of aromatic nitrogens is 2. The molecule has 6 heteroatoms. The molecule has 106 valence electrons. The number of carbonyl (C=O) groups excluding carboxylic acids is 1. The minimum absolute atomic E-state index is 0.183. The average Bonchev–Trinajstić information content (AvgIpc) is 2.77. The molecular formula is C14H16IN3O2. The van der Waals surface area contributed by atoms with E-state index in [4.69, 9.17) is 10.5 Å². The molecule has 2 aromatic rings. The van der Waals surface area contributed by atoms with Crippen LogP contribution in [-0.2, 0) is 11.2 Å². The highest BCUT2D eigenvalue weighted by atomic mass is 127. The molecule has 0 spiro atoms. The topological polar surface area (TPSA) is 70.1 Å². The lowest BCUT2D eigenvalue weighted by Crippen LogP contribution is -2.09. The first-order valence-electron chi connectivity index (χ1n) is 6.38. The summed E-state index contributed by atoms with van der Waals surface area (Å²) in [5.41, 5.74) is 7.15. The second-order valence-electron chi connectivity index (χ2n) is 4.15. The van der Waals surface area contributed by atoms with Gasteiger partial charge in [-0.15, -0.1) is 0 Å². The molecule has 2 rings (SSSR count).